The van der Waals surface area contributed by atoms with Crippen LogP contribution >= 0.6 is 15.9 Å². The summed E-state index contributed by atoms with van der Waals surface area (Å²) in [5, 5.41) is 13.3. The molecule has 122 valence electrons. The number of aryl methyl sites for hydroxylation is 2. The van der Waals surface area contributed by atoms with Gasteiger partial charge in [-0.05, 0) is 28.1 Å². The molecule has 7 nitrogen and oxygen atoms in total. The average molecular weight is 385 g/mol. The van der Waals surface area contributed by atoms with Crippen molar-refractivity contribution < 1.29 is 14.1 Å². The summed E-state index contributed by atoms with van der Waals surface area (Å²) in [4.78, 5) is 25.7. The molecule has 9 heteroatoms. The van der Waals surface area contributed by atoms with E-state index in [2.05, 4.69) is 26.2 Å². The van der Waals surface area contributed by atoms with Crippen molar-refractivity contribution in [2.75, 3.05) is 0 Å². The highest BCUT2D eigenvalue weighted by atomic mass is 79.9. The molecule has 0 unspecified atom stereocenters. The van der Waals surface area contributed by atoms with E-state index in [1.807, 2.05) is 0 Å². The van der Waals surface area contributed by atoms with Gasteiger partial charge in [-0.2, -0.15) is 0 Å². The van der Waals surface area contributed by atoms with Gasteiger partial charge in [0.2, 0.25) is 11.7 Å². The van der Waals surface area contributed by atoms with Gasteiger partial charge in [0, 0.05) is 36.5 Å². The summed E-state index contributed by atoms with van der Waals surface area (Å²) in [6, 6.07) is 4.49. The third-order valence-corrected chi connectivity index (χ3v) is 3.71. The Hall–Kier alpha value is -2.29. The van der Waals surface area contributed by atoms with Gasteiger partial charge >= 0.3 is 5.82 Å². The molecule has 23 heavy (non-hydrogen) atoms. The van der Waals surface area contributed by atoms with Crippen molar-refractivity contribution in [3.05, 3.63) is 56.2 Å². The molecule has 0 saturated heterocycles. The van der Waals surface area contributed by atoms with Crippen LogP contribution in [0.15, 0.2) is 28.9 Å². The number of aromatic nitrogens is 2. The lowest BCUT2D eigenvalue weighted by molar-refractivity contribution is -0.389. The lowest BCUT2D eigenvalue weighted by Gasteiger charge is -2.07. The van der Waals surface area contributed by atoms with E-state index in [9.17, 15) is 19.3 Å². The number of hydrogen-bond donors (Lipinski definition) is 1. The lowest BCUT2D eigenvalue weighted by Crippen LogP contribution is -2.24. The number of carbonyl (C=O) groups excluding carboxylic acids is 1. The molecule has 2 aromatic rings. The van der Waals surface area contributed by atoms with Gasteiger partial charge in [-0.25, -0.2) is 4.39 Å². The first kappa shape index (κ1) is 17.1. The third kappa shape index (κ3) is 4.59. The Labute approximate surface area is 139 Å². The molecule has 1 aromatic heterocycles. The average Bonchev–Trinajstić information content (AvgIpc) is 2.87. The summed E-state index contributed by atoms with van der Waals surface area (Å²) < 4.78 is 15.8. The number of carbonyl (C=O) groups is 1. The number of benzene rings is 1. The normalized spacial score (nSPS) is 10.6. The summed E-state index contributed by atoms with van der Waals surface area (Å²) in [7, 11) is 0. The van der Waals surface area contributed by atoms with Crippen molar-refractivity contribution in [2.24, 2.45) is 0 Å². The van der Waals surface area contributed by atoms with Crippen LogP contribution in [-0.4, -0.2) is 20.4 Å². The van der Waals surface area contributed by atoms with Gasteiger partial charge in [0.05, 0.1) is 0 Å². The fourth-order valence-electron chi connectivity index (χ4n) is 1.99. The summed E-state index contributed by atoms with van der Waals surface area (Å²) in [5.74, 6) is -0.462. The second-order valence-electron chi connectivity index (χ2n) is 4.86. The van der Waals surface area contributed by atoms with Gasteiger partial charge in [0.25, 0.3) is 0 Å². The van der Waals surface area contributed by atoms with Gasteiger partial charge < -0.3 is 20.0 Å². The molecule has 0 spiro atoms. The van der Waals surface area contributed by atoms with Crippen molar-refractivity contribution in [3.63, 3.8) is 0 Å². The maximum absolute atomic E-state index is 13.6. The largest absolute Gasteiger partial charge is 0.381 e. The molecule has 1 aromatic carbocycles. The smallest absolute Gasteiger partial charge is 0.358 e. The number of hydrogen-bond acceptors (Lipinski definition) is 4. The second-order valence-corrected chi connectivity index (χ2v) is 5.77. The number of nitrogens with zero attached hydrogens (tertiary/aromatic N) is 3. The second kappa shape index (κ2) is 7.32. The molecule has 0 aliphatic rings. The molecule has 1 N–H and O–H groups in total. The van der Waals surface area contributed by atoms with Crippen LogP contribution in [0.4, 0.5) is 10.2 Å². The standard InChI is InChI=1S/C14H14BrFN4O3/c1-9-18-13(20(22)23)8-19(9)5-4-14(21)17-7-10-6-11(15)2-3-12(10)16/h2-3,6,8H,4-5,7H2,1H3,(H,17,21). The van der Waals surface area contributed by atoms with E-state index in [1.165, 1.54) is 16.8 Å². The third-order valence-electron chi connectivity index (χ3n) is 3.21. The molecule has 1 heterocycles. The Morgan fingerprint density at radius 1 is 1.52 bits per heavy atom. The quantitative estimate of drug-likeness (QED) is 0.612. The van der Waals surface area contributed by atoms with Gasteiger partial charge in [0.1, 0.15) is 12.0 Å². The summed E-state index contributed by atoms with van der Waals surface area (Å²) in [6.45, 7) is 1.97. The molecule has 0 bridgehead atoms. The van der Waals surface area contributed by atoms with Crippen molar-refractivity contribution in [1.82, 2.24) is 14.9 Å². The predicted molar refractivity (Wildman–Crippen MR) is 84.2 cm³/mol. The van der Waals surface area contributed by atoms with Gasteiger partial charge in [-0.15, -0.1) is 0 Å². The van der Waals surface area contributed by atoms with E-state index in [1.54, 1.807) is 19.1 Å². The number of imidazole rings is 1. The fourth-order valence-corrected chi connectivity index (χ4v) is 2.40. The molecule has 0 saturated carbocycles. The molecular formula is C14H14BrFN4O3. The van der Waals surface area contributed by atoms with E-state index in [4.69, 9.17) is 0 Å². The Morgan fingerprint density at radius 3 is 2.91 bits per heavy atom. The maximum atomic E-state index is 13.6. The molecule has 0 atom stereocenters. The van der Waals surface area contributed by atoms with Crippen LogP contribution in [0.5, 0.6) is 0 Å². The SMILES string of the molecule is Cc1nc([N+](=O)[O-])cn1CCC(=O)NCc1cc(Br)ccc1F. The van der Waals surface area contributed by atoms with E-state index in [0.29, 0.717) is 11.4 Å². The van der Waals surface area contributed by atoms with Crippen LogP contribution in [0.25, 0.3) is 0 Å². The van der Waals surface area contributed by atoms with E-state index in [-0.39, 0.29) is 31.2 Å². The highest BCUT2D eigenvalue weighted by Gasteiger charge is 2.15. The Bertz CT molecular complexity index is 748. The first-order valence-electron chi connectivity index (χ1n) is 6.75. The Morgan fingerprint density at radius 2 is 2.26 bits per heavy atom. The molecule has 0 radical (unpaired) electrons. The van der Waals surface area contributed by atoms with E-state index >= 15 is 0 Å². The summed E-state index contributed by atoms with van der Waals surface area (Å²) in [6.07, 6.45) is 1.40. The van der Waals surface area contributed by atoms with Crippen LogP contribution in [0.1, 0.15) is 17.8 Å². The topological polar surface area (TPSA) is 90.1 Å². The number of halogens is 2. The van der Waals surface area contributed by atoms with Crippen molar-refractivity contribution in [1.29, 1.82) is 0 Å². The van der Waals surface area contributed by atoms with Crippen LogP contribution in [-0.2, 0) is 17.9 Å². The highest BCUT2D eigenvalue weighted by Crippen LogP contribution is 2.15. The molecule has 0 aliphatic carbocycles. The zero-order valence-corrected chi connectivity index (χ0v) is 13.8. The maximum Gasteiger partial charge on any atom is 0.381 e. The fraction of sp³-hybridized carbons (Fsp3) is 0.286. The predicted octanol–water partition coefficient (Wildman–Crippen LogP) is 2.71. The first-order valence-corrected chi connectivity index (χ1v) is 7.55. The number of nitro groups is 1. The molecule has 1 amide bonds. The van der Waals surface area contributed by atoms with Crippen LogP contribution in [0, 0.1) is 22.9 Å². The lowest BCUT2D eigenvalue weighted by atomic mass is 10.2. The number of rotatable bonds is 6. The minimum atomic E-state index is -0.584. The molecule has 0 aliphatic heterocycles. The molecule has 2 rings (SSSR count). The van der Waals surface area contributed by atoms with Crippen LogP contribution < -0.4 is 5.32 Å². The zero-order chi connectivity index (χ0) is 17.0. The van der Waals surface area contributed by atoms with Gasteiger partial charge in [-0.3, -0.25) is 4.79 Å². The minimum absolute atomic E-state index is 0.0766. The summed E-state index contributed by atoms with van der Waals surface area (Å²) >= 11 is 3.24. The minimum Gasteiger partial charge on any atom is -0.358 e. The first-order chi connectivity index (χ1) is 10.9. The van der Waals surface area contributed by atoms with Crippen molar-refractivity contribution in [3.8, 4) is 0 Å². The van der Waals surface area contributed by atoms with Crippen LogP contribution in [0.2, 0.25) is 0 Å². The Balaban J connectivity index is 1.88. The van der Waals surface area contributed by atoms with Gasteiger partial charge in [0.15, 0.2) is 0 Å². The highest BCUT2D eigenvalue weighted by molar-refractivity contribution is 9.10. The molecule has 0 fully saturated rings. The monoisotopic (exact) mass is 384 g/mol. The van der Waals surface area contributed by atoms with E-state index < -0.39 is 10.7 Å². The number of nitrogens with one attached hydrogen (secondary N) is 1. The van der Waals surface area contributed by atoms with Crippen molar-refractivity contribution >= 4 is 27.7 Å². The zero-order valence-electron chi connectivity index (χ0n) is 12.3. The van der Waals surface area contributed by atoms with E-state index in [0.717, 1.165) is 4.47 Å². The summed E-state index contributed by atoms with van der Waals surface area (Å²) in [5.41, 5.74) is 0.377. The molecular weight excluding hydrogens is 371 g/mol. The van der Waals surface area contributed by atoms with Crippen LogP contribution in [0.3, 0.4) is 0 Å². The number of amides is 1. The Kier molecular flexibility index (Phi) is 5.43. The van der Waals surface area contributed by atoms with Gasteiger partial charge in [-0.1, -0.05) is 15.9 Å². The van der Waals surface area contributed by atoms with Crippen molar-refractivity contribution in [2.45, 2.75) is 26.4 Å².